The second-order valence-corrected chi connectivity index (χ2v) is 5.49. The largest absolute Gasteiger partial charge is 0.376 e. The Morgan fingerprint density at radius 2 is 2.00 bits per heavy atom. The number of allylic oxidation sites excluding steroid dienone is 3. The average molecular weight is 314 g/mol. The third kappa shape index (κ3) is 4.44. The average Bonchev–Trinajstić information content (AvgIpc) is 2.56. The molecule has 0 bridgehead atoms. The summed E-state index contributed by atoms with van der Waals surface area (Å²) in [6, 6.07) is 2.08. The highest BCUT2D eigenvalue weighted by Crippen LogP contribution is 2.32. The van der Waals surface area contributed by atoms with Gasteiger partial charge < -0.3 is 9.80 Å². The van der Waals surface area contributed by atoms with Crippen molar-refractivity contribution in [3.05, 3.63) is 35.7 Å². The Kier molecular flexibility index (Phi) is 7.52. The molecule has 0 aliphatic rings. The van der Waals surface area contributed by atoms with Crippen LogP contribution in [0.1, 0.15) is 40.5 Å². The van der Waals surface area contributed by atoms with Crippen LogP contribution < -0.4 is 9.80 Å². The maximum absolute atomic E-state index is 4.62. The van der Waals surface area contributed by atoms with Gasteiger partial charge >= 0.3 is 0 Å². The molecule has 0 radical (unpaired) electrons. The summed E-state index contributed by atoms with van der Waals surface area (Å²) < 4.78 is 0. The number of anilines is 2. The first-order valence-corrected chi connectivity index (χ1v) is 8.31. The maximum Gasteiger partial charge on any atom is 0.135 e. The summed E-state index contributed by atoms with van der Waals surface area (Å²) >= 11 is 0. The number of likely N-dealkylation sites (N-methyl/N-ethyl adjacent to an activating group) is 1. The number of aliphatic imine (C=N–C) groups is 1. The Hall–Kier alpha value is -2.10. The SMILES string of the molecule is C=Nc1cnc(N(CC)C(=C/CC)/C(=C\C)CC)cc1N(C)C. The Balaban J connectivity index is 3.41. The van der Waals surface area contributed by atoms with Crippen LogP contribution in [0.4, 0.5) is 17.2 Å². The first kappa shape index (κ1) is 18.9. The van der Waals surface area contributed by atoms with Crippen LogP contribution in [-0.4, -0.2) is 32.3 Å². The van der Waals surface area contributed by atoms with Crippen LogP contribution >= 0.6 is 0 Å². The van der Waals surface area contributed by atoms with E-state index in [1.165, 1.54) is 11.3 Å². The van der Waals surface area contributed by atoms with E-state index in [-0.39, 0.29) is 0 Å². The minimum atomic E-state index is 0.803. The van der Waals surface area contributed by atoms with Crippen LogP contribution in [0.3, 0.4) is 0 Å². The van der Waals surface area contributed by atoms with Crippen LogP contribution in [-0.2, 0) is 0 Å². The zero-order valence-electron chi connectivity index (χ0n) is 15.4. The van der Waals surface area contributed by atoms with Crippen molar-refractivity contribution in [3.8, 4) is 0 Å². The van der Waals surface area contributed by atoms with Gasteiger partial charge in [-0.3, -0.25) is 4.99 Å². The third-order valence-corrected chi connectivity index (χ3v) is 3.84. The Morgan fingerprint density at radius 1 is 1.30 bits per heavy atom. The molecule has 0 aliphatic heterocycles. The van der Waals surface area contributed by atoms with Crippen molar-refractivity contribution in [2.24, 2.45) is 4.99 Å². The zero-order valence-corrected chi connectivity index (χ0v) is 15.4. The highest BCUT2D eigenvalue weighted by Gasteiger charge is 2.16. The minimum Gasteiger partial charge on any atom is -0.376 e. The quantitative estimate of drug-likeness (QED) is 0.502. The summed E-state index contributed by atoms with van der Waals surface area (Å²) in [5.74, 6) is 0.941. The third-order valence-electron chi connectivity index (χ3n) is 3.84. The molecule has 1 rings (SSSR count). The van der Waals surface area contributed by atoms with Crippen molar-refractivity contribution in [2.75, 3.05) is 30.4 Å². The first-order chi connectivity index (χ1) is 11.0. The van der Waals surface area contributed by atoms with Crippen LogP contribution in [0.5, 0.6) is 0 Å². The van der Waals surface area contributed by atoms with E-state index in [0.29, 0.717) is 0 Å². The van der Waals surface area contributed by atoms with Crippen LogP contribution in [0, 0.1) is 0 Å². The van der Waals surface area contributed by atoms with Crippen molar-refractivity contribution >= 4 is 23.9 Å². The molecule has 0 unspecified atom stereocenters. The highest BCUT2D eigenvalue weighted by atomic mass is 15.2. The lowest BCUT2D eigenvalue weighted by Crippen LogP contribution is -2.24. The van der Waals surface area contributed by atoms with Gasteiger partial charge in [0.2, 0.25) is 0 Å². The monoisotopic (exact) mass is 314 g/mol. The van der Waals surface area contributed by atoms with E-state index in [0.717, 1.165) is 36.6 Å². The molecule has 1 aromatic rings. The summed E-state index contributed by atoms with van der Waals surface area (Å²) in [5, 5.41) is 0. The smallest absolute Gasteiger partial charge is 0.135 e. The topological polar surface area (TPSA) is 31.7 Å². The predicted molar refractivity (Wildman–Crippen MR) is 103 cm³/mol. The summed E-state index contributed by atoms with van der Waals surface area (Å²) in [4.78, 5) is 13.0. The fourth-order valence-electron chi connectivity index (χ4n) is 2.65. The van der Waals surface area contributed by atoms with Gasteiger partial charge in [-0.05, 0) is 39.0 Å². The minimum absolute atomic E-state index is 0.803. The summed E-state index contributed by atoms with van der Waals surface area (Å²) in [6.45, 7) is 13.1. The molecule has 0 atom stereocenters. The van der Waals surface area contributed by atoms with Gasteiger partial charge in [0.05, 0.1) is 11.9 Å². The van der Waals surface area contributed by atoms with E-state index < -0.39 is 0 Å². The van der Waals surface area contributed by atoms with Crippen molar-refractivity contribution in [2.45, 2.75) is 40.5 Å². The Morgan fingerprint density at radius 3 is 2.43 bits per heavy atom. The van der Waals surface area contributed by atoms with Crippen LogP contribution in [0.15, 0.2) is 40.7 Å². The molecular formula is C19H30N4. The van der Waals surface area contributed by atoms with Gasteiger partial charge in [-0.2, -0.15) is 0 Å². The molecule has 0 saturated heterocycles. The van der Waals surface area contributed by atoms with Gasteiger partial charge in [-0.1, -0.05) is 26.0 Å². The molecule has 0 N–H and O–H groups in total. The van der Waals surface area contributed by atoms with Gasteiger partial charge in [-0.15, -0.1) is 0 Å². The molecule has 0 amide bonds. The number of hydrogen-bond acceptors (Lipinski definition) is 4. The molecular weight excluding hydrogens is 284 g/mol. The van der Waals surface area contributed by atoms with Crippen molar-refractivity contribution in [1.82, 2.24) is 4.98 Å². The Bertz CT molecular complexity index is 585. The number of hydrogen-bond donors (Lipinski definition) is 0. The lowest BCUT2D eigenvalue weighted by atomic mass is 10.1. The van der Waals surface area contributed by atoms with E-state index in [4.69, 9.17) is 0 Å². The maximum atomic E-state index is 4.62. The second-order valence-electron chi connectivity index (χ2n) is 5.49. The van der Waals surface area contributed by atoms with E-state index >= 15 is 0 Å². The van der Waals surface area contributed by atoms with E-state index in [1.54, 1.807) is 6.20 Å². The van der Waals surface area contributed by atoms with Crippen molar-refractivity contribution < 1.29 is 0 Å². The molecule has 126 valence electrons. The first-order valence-electron chi connectivity index (χ1n) is 8.31. The van der Waals surface area contributed by atoms with Gasteiger partial charge in [0.1, 0.15) is 11.5 Å². The Labute approximate surface area is 141 Å². The van der Waals surface area contributed by atoms with E-state index in [9.17, 15) is 0 Å². The van der Waals surface area contributed by atoms with Crippen molar-refractivity contribution in [3.63, 3.8) is 0 Å². The summed E-state index contributed by atoms with van der Waals surface area (Å²) in [6.07, 6.45) is 8.27. The molecule has 23 heavy (non-hydrogen) atoms. The lowest BCUT2D eigenvalue weighted by Gasteiger charge is -2.28. The number of aromatic nitrogens is 1. The molecule has 1 heterocycles. The summed E-state index contributed by atoms with van der Waals surface area (Å²) in [5.41, 5.74) is 4.42. The molecule has 0 aromatic carbocycles. The number of rotatable bonds is 8. The molecule has 0 fully saturated rings. The molecule has 4 nitrogen and oxygen atoms in total. The summed E-state index contributed by atoms with van der Waals surface area (Å²) in [7, 11) is 4.02. The lowest BCUT2D eigenvalue weighted by molar-refractivity contribution is 0.899. The fourth-order valence-corrected chi connectivity index (χ4v) is 2.65. The van der Waals surface area contributed by atoms with Crippen LogP contribution in [0.2, 0.25) is 0 Å². The molecule has 4 heteroatoms. The van der Waals surface area contributed by atoms with Crippen molar-refractivity contribution in [1.29, 1.82) is 0 Å². The standard InChI is InChI=1S/C19H30N4/c1-8-12-17(15(9-2)10-3)23(11-4)19-13-18(22(6)7)16(20-5)14-21-19/h9,12-14H,5,8,10-11H2,1-4,6-7H3/b15-9-,17-12+. The number of nitrogens with zero attached hydrogens (tertiary/aromatic N) is 4. The van der Waals surface area contributed by atoms with Gasteiger partial charge in [-0.25, -0.2) is 4.98 Å². The van der Waals surface area contributed by atoms with E-state index in [2.05, 4.69) is 67.5 Å². The molecule has 0 saturated carbocycles. The van der Waals surface area contributed by atoms with Gasteiger partial charge in [0.25, 0.3) is 0 Å². The predicted octanol–water partition coefficient (Wildman–Crippen LogP) is 4.96. The molecule has 0 aliphatic carbocycles. The number of pyridine rings is 1. The van der Waals surface area contributed by atoms with Gasteiger partial charge in [0.15, 0.2) is 0 Å². The second kappa shape index (κ2) is 9.13. The van der Waals surface area contributed by atoms with Crippen LogP contribution in [0.25, 0.3) is 0 Å². The highest BCUT2D eigenvalue weighted by molar-refractivity contribution is 5.72. The normalized spacial score (nSPS) is 12.3. The van der Waals surface area contributed by atoms with E-state index in [1.807, 2.05) is 19.0 Å². The molecule has 0 spiro atoms. The van der Waals surface area contributed by atoms with Gasteiger partial charge in [0, 0.05) is 32.4 Å². The zero-order chi connectivity index (χ0) is 17.4. The molecule has 1 aromatic heterocycles. The fraction of sp³-hybridized carbons (Fsp3) is 0.474.